The minimum atomic E-state index is -3.28. The highest BCUT2D eigenvalue weighted by molar-refractivity contribution is 7.89. The van der Waals surface area contributed by atoms with Crippen LogP contribution in [0.3, 0.4) is 0 Å². The largest absolute Gasteiger partial charge is 0.373 e. The summed E-state index contributed by atoms with van der Waals surface area (Å²) in [5.74, 6) is 0.0731. The molecule has 0 aliphatic carbocycles. The van der Waals surface area contributed by atoms with E-state index < -0.39 is 10.0 Å². The third kappa shape index (κ3) is 5.08. The fraction of sp³-hybridized carbons (Fsp3) is 0.529. The number of thiazole rings is 1. The molecule has 0 amide bonds. The number of pyridine rings is 1. The maximum atomic E-state index is 12.5. The van der Waals surface area contributed by atoms with Gasteiger partial charge in [-0.05, 0) is 26.0 Å². The van der Waals surface area contributed by atoms with Crippen molar-refractivity contribution in [1.82, 2.24) is 19.6 Å². The van der Waals surface area contributed by atoms with Crippen LogP contribution in [-0.2, 0) is 21.3 Å². The molecular formula is C17H24N4O3S2. The second kappa shape index (κ2) is 8.53. The minimum Gasteiger partial charge on any atom is -0.373 e. The lowest BCUT2D eigenvalue weighted by molar-refractivity contribution is -0.0440. The van der Waals surface area contributed by atoms with E-state index in [0.29, 0.717) is 26.2 Å². The van der Waals surface area contributed by atoms with Crippen LogP contribution in [0.1, 0.15) is 19.5 Å². The Morgan fingerprint density at radius 2 is 2.08 bits per heavy atom. The standard InChI is InChI=1S/C17H24N4O3S2/c1-13-10-21(11-14(2)24-13)26(22,23)8-7-18-9-15-12-25-17(20-15)16-5-3-4-6-19-16/h3-6,12-14,18H,7-11H2,1-2H3/t13-,14+. The maximum absolute atomic E-state index is 12.5. The number of morpholine rings is 1. The van der Waals surface area contributed by atoms with Crippen LogP contribution in [0.25, 0.3) is 10.7 Å². The first-order chi connectivity index (χ1) is 12.4. The van der Waals surface area contributed by atoms with E-state index in [9.17, 15) is 8.42 Å². The molecule has 1 fully saturated rings. The Labute approximate surface area is 158 Å². The van der Waals surface area contributed by atoms with Crippen molar-refractivity contribution in [2.75, 3.05) is 25.4 Å². The van der Waals surface area contributed by atoms with Crippen LogP contribution < -0.4 is 5.32 Å². The van der Waals surface area contributed by atoms with Gasteiger partial charge in [-0.25, -0.2) is 13.4 Å². The summed E-state index contributed by atoms with van der Waals surface area (Å²) in [5.41, 5.74) is 1.74. The van der Waals surface area contributed by atoms with Crippen LogP contribution in [0.4, 0.5) is 0 Å². The molecule has 1 aliphatic rings. The van der Waals surface area contributed by atoms with Gasteiger partial charge in [0.15, 0.2) is 0 Å². The van der Waals surface area contributed by atoms with Gasteiger partial charge in [-0.15, -0.1) is 11.3 Å². The van der Waals surface area contributed by atoms with Crippen molar-refractivity contribution in [3.05, 3.63) is 35.5 Å². The zero-order valence-electron chi connectivity index (χ0n) is 15.0. The number of rotatable bonds is 7. The highest BCUT2D eigenvalue weighted by Gasteiger charge is 2.30. The smallest absolute Gasteiger partial charge is 0.215 e. The normalized spacial score (nSPS) is 21.8. The van der Waals surface area contributed by atoms with Crippen LogP contribution in [-0.4, -0.2) is 60.3 Å². The van der Waals surface area contributed by atoms with E-state index in [4.69, 9.17) is 4.74 Å². The molecule has 0 aromatic carbocycles. The molecule has 1 N–H and O–H groups in total. The van der Waals surface area contributed by atoms with Crippen molar-refractivity contribution in [2.45, 2.75) is 32.6 Å². The van der Waals surface area contributed by atoms with E-state index in [-0.39, 0.29) is 18.0 Å². The van der Waals surface area contributed by atoms with Crippen LogP contribution in [0.2, 0.25) is 0 Å². The molecule has 142 valence electrons. The first-order valence-corrected chi connectivity index (χ1v) is 11.1. The SMILES string of the molecule is C[C@@H]1CN(S(=O)(=O)CCNCc2csc(-c3ccccn3)n2)C[C@H](C)O1. The molecule has 0 bridgehead atoms. The molecule has 0 spiro atoms. The van der Waals surface area contributed by atoms with E-state index in [1.54, 1.807) is 6.20 Å². The van der Waals surface area contributed by atoms with Gasteiger partial charge in [0, 0.05) is 37.8 Å². The Bertz CT molecular complexity index is 800. The average molecular weight is 397 g/mol. The summed E-state index contributed by atoms with van der Waals surface area (Å²) in [6, 6.07) is 5.72. The summed E-state index contributed by atoms with van der Waals surface area (Å²) in [6.45, 7) is 5.57. The molecule has 9 heteroatoms. The van der Waals surface area contributed by atoms with Crippen LogP contribution in [0.5, 0.6) is 0 Å². The highest BCUT2D eigenvalue weighted by atomic mass is 32.2. The number of hydrogen-bond donors (Lipinski definition) is 1. The number of nitrogens with one attached hydrogen (secondary N) is 1. The van der Waals surface area contributed by atoms with E-state index in [2.05, 4.69) is 15.3 Å². The summed E-state index contributed by atoms with van der Waals surface area (Å²) < 4.78 is 32.1. The quantitative estimate of drug-likeness (QED) is 0.718. The Kier molecular flexibility index (Phi) is 6.36. The van der Waals surface area contributed by atoms with Crippen molar-refractivity contribution >= 4 is 21.4 Å². The van der Waals surface area contributed by atoms with Crippen LogP contribution >= 0.6 is 11.3 Å². The molecule has 0 saturated carbocycles. The molecule has 2 atom stereocenters. The van der Waals surface area contributed by atoms with Crippen LogP contribution in [0, 0.1) is 0 Å². The van der Waals surface area contributed by atoms with Gasteiger partial charge in [0.05, 0.1) is 29.3 Å². The molecule has 3 heterocycles. The fourth-order valence-corrected chi connectivity index (χ4v) is 5.23. The Balaban J connectivity index is 1.47. The third-order valence-electron chi connectivity index (χ3n) is 4.06. The molecule has 7 nitrogen and oxygen atoms in total. The molecule has 2 aromatic heterocycles. The second-order valence-electron chi connectivity index (χ2n) is 6.43. The molecule has 0 unspecified atom stereocenters. The minimum absolute atomic E-state index is 0.0680. The third-order valence-corrected chi connectivity index (χ3v) is 6.78. The highest BCUT2D eigenvalue weighted by Crippen LogP contribution is 2.21. The number of sulfonamides is 1. The number of hydrogen-bond acceptors (Lipinski definition) is 7. The van der Waals surface area contributed by atoms with Crippen molar-refractivity contribution in [2.24, 2.45) is 0 Å². The first-order valence-electron chi connectivity index (χ1n) is 8.64. The van der Waals surface area contributed by atoms with Crippen LogP contribution in [0.15, 0.2) is 29.8 Å². The van der Waals surface area contributed by atoms with Gasteiger partial charge in [0.25, 0.3) is 0 Å². The van der Waals surface area contributed by atoms with Gasteiger partial charge in [-0.1, -0.05) is 6.07 Å². The maximum Gasteiger partial charge on any atom is 0.215 e. The van der Waals surface area contributed by atoms with E-state index >= 15 is 0 Å². The van der Waals surface area contributed by atoms with Crippen molar-refractivity contribution in [3.8, 4) is 10.7 Å². The predicted octanol–water partition coefficient (Wildman–Crippen LogP) is 1.73. The monoisotopic (exact) mass is 396 g/mol. The molecule has 1 saturated heterocycles. The lowest BCUT2D eigenvalue weighted by Gasteiger charge is -2.34. The molecular weight excluding hydrogens is 372 g/mol. The molecule has 1 aliphatic heterocycles. The number of ether oxygens (including phenoxy) is 1. The van der Waals surface area contributed by atoms with Gasteiger partial charge >= 0.3 is 0 Å². The van der Waals surface area contributed by atoms with Crippen molar-refractivity contribution in [1.29, 1.82) is 0 Å². The van der Waals surface area contributed by atoms with Gasteiger partial charge in [0.1, 0.15) is 5.01 Å². The summed E-state index contributed by atoms with van der Waals surface area (Å²) in [7, 11) is -3.28. The Morgan fingerprint density at radius 3 is 2.77 bits per heavy atom. The topological polar surface area (TPSA) is 84.4 Å². The zero-order valence-corrected chi connectivity index (χ0v) is 16.6. The average Bonchev–Trinajstić information content (AvgIpc) is 3.08. The lowest BCUT2D eigenvalue weighted by Crippen LogP contribution is -2.49. The fourth-order valence-electron chi connectivity index (χ4n) is 2.90. The Morgan fingerprint density at radius 1 is 1.31 bits per heavy atom. The van der Waals surface area contributed by atoms with Crippen molar-refractivity contribution in [3.63, 3.8) is 0 Å². The van der Waals surface area contributed by atoms with E-state index in [1.807, 2.05) is 37.4 Å². The van der Waals surface area contributed by atoms with Gasteiger partial charge in [0.2, 0.25) is 10.0 Å². The molecule has 26 heavy (non-hydrogen) atoms. The summed E-state index contributed by atoms with van der Waals surface area (Å²) >= 11 is 1.54. The zero-order chi connectivity index (χ0) is 18.6. The van der Waals surface area contributed by atoms with Crippen molar-refractivity contribution < 1.29 is 13.2 Å². The van der Waals surface area contributed by atoms with Gasteiger partial charge in [-0.2, -0.15) is 4.31 Å². The Hall–Kier alpha value is -1.39. The summed E-state index contributed by atoms with van der Waals surface area (Å²) in [6.07, 6.45) is 1.61. The van der Waals surface area contributed by atoms with Gasteiger partial charge in [-0.3, -0.25) is 4.98 Å². The van der Waals surface area contributed by atoms with Gasteiger partial charge < -0.3 is 10.1 Å². The second-order valence-corrected chi connectivity index (χ2v) is 9.37. The van der Waals surface area contributed by atoms with E-state index in [1.165, 1.54) is 15.6 Å². The molecule has 3 rings (SSSR count). The molecule has 2 aromatic rings. The number of nitrogens with zero attached hydrogens (tertiary/aromatic N) is 3. The predicted molar refractivity (Wildman–Crippen MR) is 102 cm³/mol. The lowest BCUT2D eigenvalue weighted by atomic mass is 10.3. The van der Waals surface area contributed by atoms with E-state index in [0.717, 1.165) is 16.4 Å². The molecule has 0 radical (unpaired) electrons. The summed E-state index contributed by atoms with van der Waals surface area (Å²) in [4.78, 5) is 8.83. The number of aromatic nitrogens is 2. The first kappa shape index (κ1) is 19.4. The summed E-state index contributed by atoms with van der Waals surface area (Å²) in [5, 5.41) is 6.01.